The van der Waals surface area contributed by atoms with Gasteiger partial charge in [0, 0.05) is 28.2 Å². The van der Waals surface area contributed by atoms with Crippen molar-refractivity contribution in [2.45, 2.75) is 35.8 Å². The first-order valence-corrected chi connectivity index (χ1v) is 10.8. The minimum atomic E-state index is 0.284. The molecule has 0 unspecified atom stereocenters. The summed E-state index contributed by atoms with van der Waals surface area (Å²) in [5, 5.41) is 1.47. The van der Waals surface area contributed by atoms with E-state index in [1.54, 1.807) is 11.3 Å². The second-order valence-corrected chi connectivity index (χ2v) is 10.3. The normalized spacial score (nSPS) is 30.3. The summed E-state index contributed by atoms with van der Waals surface area (Å²) in [6.07, 6.45) is 5.47. The first-order chi connectivity index (χ1) is 11.3. The van der Waals surface area contributed by atoms with Crippen molar-refractivity contribution in [1.82, 2.24) is 9.88 Å². The molecular weight excluding hydrogens is 320 g/mol. The second kappa shape index (κ2) is 5.47. The molecule has 3 heterocycles. The molecule has 4 heteroatoms. The zero-order valence-electron chi connectivity index (χ0n) is 13.7. The summed E-state index contributed by atoms with van der Waals surface area (Å²) in [5.74, 6) is 3.45. The minimum Gasteiger partial charge on any atom is -0.356 e. The van der Waals surface area contributed by atoms with E-state index < -0.39 is 0 Å². The third kappa shape index (κ3) is 2.14. The molecule has 2 fully saturated rings. The number of rotatable bonds is 0. The highest BCUT2D eigenvalue weighted by atomic mass is 32.2. The van der Waals surface area contributed by atoms with Crippen LogP contribution in [0.25, 0.3) is 10.9 Å². The van der Waals surface area contributed by atoms with Crippen LogP contribution in [0.5, 0.6) is 0 Å². The van der Waals surface area contributed by atoms with Gasteiger partial charge in [-0.3, -0.25) is 4.90 Å². The van der Waals surface area contributed by atoms with E-state index in [0.29, 0.717) is 6.04 Å². The number of likely N-dealkylation sites (tertiary alicyclic amines) is 1. The Morgan fingerprint density at radius 3 is 2.87 bits per heavy atom. The molecule has 2 atom stereocenters. The van der Waals surface area contributed by atoms with Crippen molar-refractivity contribution in [1.29, 1.82) is 0 Å². The Morgan fingerprint density at radius 2 is 2.00 bits per heavy atom. The third-order valence-corrected chi connectivity index (χ3v) is 9.29. The van der Waals surface area contributed by atoms with Crippen molar-refractivity contribution in [3.8, 4) is 0 Å². The second-order valence-electron chi connectivity index (χ2n) is 7.29. The highest BCUT2D eigenvalue weighted by Gasteiger charge is 2.50. The van der Waals surface area contributed by atoms with Crippen LogP contribution in [-0.4, -0.2) is 35.0 Å². The maximum Gasteiger partial charge on any atom is 0.101 e. The zero-order chi connectivity index (χ0) is 15.4. The highest BCUT2D eigenvalue weighted by molar-refractivity contribution is 8.18. The molecule has 0 amide bonds. The van der Waals surface area contributed by atoms with Crippen LogP contribution in [0, 0.1) is 5.92 Å². The summed E-state index contributed by atoms with van der Waals surface area (Å²) in [5.41, 5.74) is 4.51. The molecule has 2 aliphatic heterocycles. The fourth-order valence-corrected chi connectivity index (χ4v) is 8.51. The number of aromatic amines is 1. The van der Waals surface area contributed by atoms with Crippen molar-refractivity contribution in [3.05, 3.63) is 35.5 Å². The van der Waals surface area contributed by atoms with E-state index in [4.69, 9.17) is 0 Å². The van der Waals surface area contributed by atoms with Crippen LogP contribution < -0.4 is 0 Å². The maximum atomic E-state index is 3.86. The number of H-pyrrole nitrogens is 1. The lowest BCUT2D eigenvalue weighted by Gasteiger charge is -2.50. The number of aromatic nitrogens is 1. The minimum absolute atomic E-state index is 0.284. The lowest BCUT2D eigenvalue weighted by atomic mass is 9.76. The predicted molar refractivity (Wildman–Crippen MR) is 102 cm³/mol. The van der Waals surface area contributed by atoms with Gasteiger partial charge in [0.05, 0.1) is 0 Å². The summed E-state index contributed by atoms with van der Waals surface area (Å²) in [6, 6.07) is 9.58. The van der Waals surface area contributed by atoms with Crippen LogP contribution in [0.4, 0.5) is 0 Å². The number of nitrogens with zero attached hydrogens (tertiary/aromatic N) is 1. The van der Waals surface area contributed by atoms with E-state index in [1.807, 2.05) is 0 Å². The first-order valence-electron chi connectivity index (χ1n) is 8.88. The van der Waals surface area contributed by atoms with E-state index in [1.165, 1.54) is 54.6 Å². The molecule has 0 bridgehead atoms. The number of hydrogen-bond acceptors (Lipinski definition) is 3. The molecule has 1 spiro atoms. The molecule has 3 aliphatic rings. The molecule has 1 N–H and O–H groups in total. The molecule has 5 rings (SSSR count). The molecular formula is C19H24N2S2. The Balaban J connectivity index is 1.76. The van der Waals surface area contributed by atoms with Crippen molar-refractivity contribution < 1.29 is 0 Å². The van der Waals surface area contributed by atoms with Crippen molar-refractivity contribution >= 4 is 34.4 Å². The topological polar surface area (TPSA) is 19.0 Å². The molecule has 2 nitrogen and oxygen atoms in total. The van der Waals surface area contributed by atoms with Crippen molar-refractivity contribution in [2.24, 2.45) is 5.92 Å². The Morgan fingerprint density at radius 1 is 1.17 bits per heavy atom. The predicted octanol–water partition coefficient (Wildman–Crippen LogP) is 4.98. The van der Waals surface area contributed by atoms with E-state index in [0.717, 1.165) is 5.92 Å². The van der Waals surface area contributed by atoms with Gasteiger partial charge in [0.2, 0.25) is 0 Å². The van der Waals surface area contributed by atoms with Gasteiger partial charge in [-0.1, -0.05) is 18.2 Å². The Kier molecular flexibility index (Phi) is 3.50. The third-order valence-electron chi connectivity index (χ3n) is 5.92. The molecule has 122 valence electrons. The standard InChI is InChI=1S/C19H24N2S2/c1-21-9-4-6-13-12-19(22-10-5-11-23-19)18-16(17(13)21)14-7-2-3-8-15(14)20-18/h2-3,7-8,13,17,20H,4-6,9-12H2,1H3/t13-,17+/m1/s1. The van der Waals surface area contributed by atoms with Gasteiger partial charge >= 0.3 is 0 Å². The van der Waals surface area contributed by atoms with Gasteiger partial charge in [0.1, 0.15) is 4.08 Å². The summed E-state index contributed by atoms with van der Waals surface area (Å²) >= 11 is 4.43. The molecule has 1 aromatic heterocycles. The summed E-state index contributed by atoms with van der Waals surface area (Å²) < 4.78 is 0.284. The number of hydrogen-bond donors (Lipinski definition) is 1. The number of piperidine rings is 1. The van der Waals surface area contributed by atoms with Crippen LogP contribution in [0.2, 0.25) is 0 Å². The highest BCUT2D eigenvalue weighted by Crippen LogP contribution is 2.62. The van der Waals surface area contributed by atoms with Gasteiger partial charge in [0.25, 0.3) is 0 Å². The molecule has 23 heavy (non-hydrogen) atoms. The van der Waals surface area contributed by atoms with Gasteiger partial charge in [0.15, 0.2) is 0 Å². The van der Waals surface area contributed by atoms with Gasteiger partial charge in [-0.15, -0.1) is 23.5 Å². The summed E-state index contributed by atoms with van der Waals surface area (Å²) in [7, 11) is 2.33. The van der Waals surface area contributed by atoms with Crippen LogP contribution >= 0.6 is 23.5 Å². The van der Waals surface area contributed by atoms with Gasteiger partial charge < -0.3 is 4.98 Å². The number of nitrogens with one attached hydrogen (secondary N) is 1. The Hall–Kier alpha value is -0.580. The quantitative estimate of drug-likeness (QED) is 0.727. The van der Waals surface area contributed by atoms with Crippen molar-refractivity contribution in [3.63, 3.8) is 0 Å². The average molecular weight is 345 g/mol. The summed E-state index contributed by atoms with van der Waals surface area (Å²) in [6.45, 7) is 1.24. The molecule has 2 aromatic rings. The van der Waals surface area contributed by atoms with Crippen LogP contribution in [-0.2, 0) is 4.08 Å². The number of benzene rings is 1. The number of fused-ring (bicyclic) bond motifs is 6. The average Bonchev–Trinajstić information content (AvgIpc) is 2.97. The largest absolute Gasteiger partial charge is 0.356 e. The van der Waals surface area contributed by atoms with Crippen LogP contribution in [0.15, 0.2) is 24.3 Å². The molecule has 0 radical (unpaired) electrons. The van der Waals surface area contributed by atoms with Crippen LogP contribution in [0.1, 0.15) is 43.0 Å². The van der Waals surface area contributed by atoms with Gasteiger partial charge in [-0.25, -0.2) is 0 Å². The smallest absolute Gasteiger partial charge is 0.101 e. The zero-order valence-corrected chi connectivity index (χ0v) is 15.3. The van der Waals surface area contributed by atoms with E-state index >= 15 is 0 Å². The fourth-order valence-electron chi connectivity index (χ4n) is 4.98. The molecule has 2 saturated heterocycles. The first kappa shape index (κ1) is 14.7. The Labute approximate surface area is 146 Å². The maximum absolute atomic E-state index is 3.86. The lowest BCUT2D eigenvalue weighted by molar-refractivity contribution is 0.104. The fraction of sp³-hybridized carbons (Fsp3) is 0.579. The van der Waals surface area contributed by atoms with Gasteiger partial charge in [-0.05, 0) is 62.8 Å². The molecule has 0 saturated carbocycles. The SMILES string of the molecule is CN1CCC[C@@H]2CC3(SCCCS3)c3[nH]c4ccccc4c3[C@H]21. The van der Waals surface area contributed by atoms with E-state index in [-0.39, 0.29) is 4.08 Å². The number of thioether (sulfide) groups is 2. The summed E-state index contributed by atoms with van der Waals surface area (Å²) in [4.78, 5) is 6.49. The number of para-hydroxylation sites is 1. The molecule has 1 aromatic carbocycles. The van der Waals surface area contributed by atoms with Gasteiger partial charge in [-0.2, -0.15) is 0 Å². The lowest BCUT2D eigenvalue weighted by Crippen LogP contribution is -2.43. The van der Waals surface area contributed by atoms with Crippen LogP contribution in [0.3, 0.4) is 0 Å². The Bertz CT molecular complexity index is 732. The molecule has 1 aliphatic carbocycles. The van der Waals surface area contributed by atoms with E-state index in [9.17, 15) is 0 Å². The van der Waals surface area contributed by atoms with Crippen molar-refractivity contribution in [2.75, 3.05) is 25.1 Å². The monoisotopic (exact) mass is 344 g/mol. The van der Waals surface area contributed by atoms with E-state index in [2.05, 4.69) is 64.7 Å².